The van der Waals surface area contributed by atoms with E-state index in [2.05, 4.69) is 15.6 Å². The van der Waals surface area contributed by atoms with Crippen LogP contribution in [0.1, 0.15) is 28.5 Å². The maximum atomic E-state index is 12.1. The standard InChI is InChI=1S/C14H16N4O2/c1-9(17-20)11-4-6-12(7-5-11)15-14(19)13-8-18(3)16-10(13)2/h4-8,20H,1-3H3,(H,15,19)/b17-9-. The molecule has 0 aliphatic heterocycles. The topological polar surface area (TPSA) is 79.5 Å². The van der Waals surface area contributed by atoms with Crippen LogP contribution in [0, 0.1) is 6.92 Å². The summed E-state index contributed by atoms with van der Waals surface area (Å²) in [6, 6.07) is 7.07. The van der Waals surface area contributed by atoms with Crippen molar-refractivity contribution in [1.29, 1.82) is 0 Å². The van der Waals surface area contributed by atoms with Crippen molar-refractivity contribution in [3.8, 4) is 0 Å². The fourth-order valence-electron chi connectivity index (χ4n) is 1.87. The summed E-state index contributed by atoms with van der Waals surface area (Å²) in [4.78, 5) is 12.1. The van der Waals surface area contributed by atoms with E-state index >= 15 is 0 Å². The molecule has 1 aromatic carbocycles. The minimum atomic E-state index is -0.198. The van der Waals surface area contributed by atoms with Crippen molar-refractivity contribution < 1.29 is 10.0 Å². The van der Waals surface area contributed by atoms with Crippen molar-refractivity contribution in [2.24, 2.45) is 12.2 Å². The summed E-state index contributed by atoms with van der Waals surface area (Å²) in [6.45, 7) is 3.49. The highest BCUT2D eigenvalue weighted by Crippen LogP contribution is 2.13. The van der Waals surface area contributed by atoms with Gasteiger partial charge in [-0.15, -0.1) is 0 Å². The Morgan fingerprint density at radius 1 is 1.35 bits per heavy atom. The number of hydrogen-bond acceptors (Lipinski definition) is 4. The van der Waals surface area contributed by atoms with Crippen molar-refractivity contribution in [2.45, 2.75) is 13.8 Å². The van der Waals surface area contributed by atoms with Gasteiger partial charge in [0.15, 0.2) is 0 Å². The Balaban J connectivity index is 2.14. The number of hydrogen-bond donors (Lipinski definition) is 2. The fraction of sp³-hybridized carbons (Fsp3) is 0.214. The molecule has 0 radical (unpaired) electrons. The molecule has 1 amide bonds. The van der Waals surface area contributed by atoms with Gasteiger partial charge in [0, 0.05) is 18.9 Å². The van der Waals surface area contributed by atoms with E-state index in [9.17, 15) is 4.79 Å². The molecule has 0 aliphatic rings. The van der Waals surface area contributed by atoms with Crippen molar-refractivity contribution in [1.82, 2.24) is 9.78 Å². The van der Waals surface area contributed by atoms with Gasteiger partial charge in [-0.05, 0) is 31.5 Å². The zero-order valence-corrected chi connectivity index (χ0v) is 11.6. The first kappa shape index (κ1) is 13.8. The first-order valence-corrected chi connectivity index (χ1v) is 6.12. The lowest BCUT2D eigenvalue weighted by molar-refractivity contribution is 0.102. The number of amides is 1. The summed E-state index contributed by atoms with van der Waals surface area (Å²) in [6.07, 6.45) is 1.68. The summed E-state index contributed by atoms with van der Waals surface area (Å²) in [5.41, 5.74) is 3.22. The van der Waals surface area contributed by atoms with E-state index in [1.165, 1.54) is 0 Å². The van der Waals surface area contributed by atoms with Gasteiger partial charge in [-0.2, -0.15) is 5.10 Å². The molecule has 104 valence electrons. The molecule has 0 fully saturated rings. The fourth-order valence-corrected chi connectivity index (χ4v) is 1.87. The first-order valence-electron chi connectivity index (χ1n) is 6.12. The number of benzene rings is 1. The van der Waals surface area contributed by atoms with E-state index in [1.807, 2.05) is 0 Å². The van der Waals surface area contributed by atoms with Crippen LogP contribution in [0.2, 0.25) is 0 Å². The van der Waals surface area contributed by atoms with Gasteiger partial charge in [0.25, 0.3) is 5.91 Å². The van der Waals surface area contributed by atoms with Gasteiger partial charge in [-0.1, -0.05) is 17.3 Å². The van der Waals surface area contributed by atoms with E-state index in [4.69, 9.17) is 5.21 Å². The number of oxime groups is 1. The number of nitrogens with zero attached hydrogens (tertiary/aromatic N) is 3. The molecule has 1 aromatic heterocycles. The predicted octanol–water partition coefficient (Wildman–Crippen LogP) is 2.18. The monoisotopic (exact) mass is 272 g/mol. The lowest BCUT2D eigenvalue weighted by Crippen LogP contribution is -2.12. The average Bonchev–Trinajstić information content (AvgIpc) is 2.78. The van der Waals surface area contributed by atoms with Gasteiger partial charge in [-0.3, -0.25) is 9.48 Å². The Labute approximate surface area is 116 Å². The lowest BCUT2D eigenvalue weighted by atomic mass is 10.1. The molecule has 2 rings (SSSR count). The number of rotatable bonds is 3. The third kappa shape index (κ3) is 2.85. The van der Waals surface area contributed by atoms with E-state index in [0.717, 1.165) is 5.56 Å². The normalized spacial score (nSPS) is 11.4. The average molecular weight is 272 g/mol. The van der Waals surface area contributed by atoms with Crippen LogP contribution in [-0.4, -0.2) is 26.6 Å². The van der Waals surface area contributed by atoms with Gasteiger partial charge >= 0.3 is 0 Å². The molecule has 0 aliphatic carbocycles. The maximum absolute atomic E-state index is 12.1. The number of nitrogens with one attached hydrogen (secondary N) is 1. The predicted molar refractivity (Wildman–Crippen MR) is 76.3 cm³/mol. The van der Waals surface area contributed by atoms with E-state index in [1.54, 1.807) is 56.0 Å². The number of aromatic nitrogens is 2. The van der Waals surface area contributed by atoms with E-state index in [0.29, 0.717) is 22.7 Å². The zero-order chi connectivity index (χ0) is 14.7. The second kappa shape index (κ2) is 5.56. The van der Waals surface area contributed by atoms with Crippen LogP contribution in [0.3, 0.4) is 0 Å². The number of anilines is 1. The van der Waals surface area contributed by atoms with Crippen LogP contribution in [0.4, 0.5) is 5.69 Å². The molecule has 20 heavy (non-hydrogen) atoms. The molecular formula is C14H16N4O2. The summed E-state index contributed by atoms with van der Waals surface area (Å²) < 4.78 is 1.61. The van der Waals surface area contributed by atoms with Gasteiger partial charge in [0.05, 0.1) is 17.0 Å². The molecule has 0 saturated carbocycles. The molecule has 0 spiro atoms. The second-order valence-corrected chi connectivity index (χ2v) is 4.52. The highest BCUT2D eigenvalue weighted by molar-refractivity contribution is 6.05. The maximum Gasteiger partial charge on any atom is 0.259 e. The second-order valence-electron chi connectivity index (χ2n) is 4.52. The van der Waals surface area contributed by atoms with Crippen molar-refractivity contribution in [3.63, 3.8) is 0 Å². The van der Waals surface area contributed by atoms with Crippen LogP contribution in [0.5, 0.6) is 0 Å². The third-order valence-electron chi connectivity index (χ3n) is 2.97. The van der Waals surface area contributed by atoms with Crippen molar-refractivity contribution in [2.75, 3.05) is 5.32 Å². The van der Waals surface area contributed by atoms with E-state index < -0.39 is 0 Å². The molecule has 0 unspecified atom stereocenters. The van der Waals surface area contributed by atoms with Crippen molar-refractivity contribution >= 4 is 17.3 Å². The minimum Gasteiger partial charge on any atom is -0.411 e. The largest absolute Gasteiger partial charge is 0.411 e. The summed E-state index contributed by atoms with van der Waals surface area (Å²) in [7, 11) is 1.77. The molecule has 1 heterocycles. The molecule has 0 atom stereocenters. The summed E-state index contributed by atoms with van der Waals surface area (Å²) in [5, 5.41) is 18.8. The Bertz CT molecular complexity index is 656. The molecule has 6 heteroatoms. The summed E-state index contributed by atoms with van der Waals surface area (Å²) >= 11 is 0. The Morgan fingerprint density at radius 3 is 2.50 bits per heavy atom. The molecule has 2 N–H and O–H groups in total. The Kier molecular flexibility index (Phi) is 3.84. The van der Waals surface area contributed by atoms with Crippen LogP contribution >= 0.6 is 0 Å². The van der Waals surface area contributed by atoms with Crippen LogP contribution in [0.25, 0.3) is 0 Å². The zero-order valence-electron chi connectivity index (χ0n) is 11.6. The Morgan fingerprint density at radius 2 is 2.00 bits per heavy atom. The number of carbonyl (C=O) groups excluding carboxylic acids is 1. The molecule has 2 aromatic rings. The first-order chi connectivity index (χ1) is 9.51. The molecule has 0 bridgehead atoms. The van der Waals surface area contributed by atoms with Gasteiger partial charge in [0.1, 0.15) is 0 Å². The highest BCUT2D eigenvalue weighted by Gasteiger charge is 2.12. The SMILES string of the molecule is C/C(=N/O)c1ccc(NC(=O)c2cn(C)nc2C)cc1. The minimum absolute atomic E-state index is 0.198. The number of aryl methyl sites for hydroxylation is 2. The molecule has 0 saturated heterocycles. The van der Waals surface area contributed by atoms with Gasteiger partial charge in [-0.25, -0.2) is 0 Å². The van der Waals surface area contributed by atoms with Crippen molar-refractivity contribution in [3.05, 3.63) is 47.3 Å². The molecular weight excluding hydrogens is 256 g/mol. The van der Waals surface area contributed by atoms with Gasteiger partial charge in [0.2, 0.25) is 0 Å². The summed E-state index contributed by atoms with van der Waals surface area (Å²) in [5.74, 6) is -0.198. The molecule has 6 nitrogen and oxygen atoms in total. The van der Waals surface area contributed by atoms with Crippen LogP contribution < -0.4 is 5.32 Å². The van der Waals surface area contributed by atoms with E-state index in [-0.39, 0.29) is 5.91 Å². The number of carbonyl (C=O) groups is 1. The quantitative estimate of drug-likeness (QED) is 0.510. The lowest BCUT2D eigenvalue weighted by Gasteiger charge is -2.05. The van der Waals surface area contributed by atoms with Crippen LogP contribution in [0.15, 0.2) is 35.6 Å². The smallest absolute Gasteiger partial charge is 0.259 e. The Hall–Kier alpha value is -2.63. The highest BCUT2D eigenvalue weighted by atomic mass is 16.4. The third-order valence-corrected chi connectivity index (χ3v) is 2.97. The van der Waals surface area contributed by atoms with Crippen LogP contribution in [-0.2, 0) is 7.05 Å². The van der Waals surface area contributed by atoms with Gasteiger partial charge < -0.3 is 10.5 Å².